The zero-order chi connectivity index (χ0) is 12.1. The van der Waals surface area contributed by atoms with Crippen molar-refractivity contribution in [1.82, 2.24) is 14.6 Å². The second-order valence-electron chi connectivity index (χ2n) is 4.04. The van der Waals surface area contributed by atoms with Gasteiger partial charge in [0.05, 0.1) is 6.20 Å². The van der Waals surface area contributed by atoms with Crippen LogP contribution in [-0.2, 0) is 0 Å². The lowest BCUT2D eigenvalue weighted by Gasteiger charge is -2.23. The summed E-state index contributed by atoms with van der Waals surface area (Å²) >= 11 is 0. The van der Waals surface area contributed by atoms with E-state index in [-0.39, 0.29) is 0 Å². The van der Waals surface area contributed by atoms with Gasteiger partial charge in [0.25, 0.3) is 0 Å². The molecule has 0 bridgehead atoms. The van der Waals surface area contributed by atoms with Gasteiger partial charge in [-0.15, -0.1) is 0 Å². The molecule has 0 amide bonds. The van der Waals surface area contributed by atoms with Gasteiger partial charge < -0.3 is 10.6 Å². The molecule has 2 aromatic rings. The molecule has 0 aliphatic rings. The molecular formula is C12H19N5. The normalized spacial score (nSPS) is 10.9. The van der Waals surface area contributed by atoms with Crippen molar-refractivity contribution in [2.75, 3.05) is 24.5 Å². The molecule has 0 aromatic carbocycles. The fraction of sp³-hybridized carbons (Fsp3) is 0.500. The molecule has 92 valence electrons. The number of hydrogen-bond acceptors (Lipinski definition) is 4. The summed E-state index contributed by atoms with van der Waals surface area (Å²) in [5.74, 6) is 0.976. The van der Waals surface area contributed by atoms with Crippen molar-refractivity contribution in [3.63, 3.8) is 0 Å². The van der Waals surface area contributed by atoms with E-state index in [0.29, 0.717) is 6.54 Å². The summed E-state index contributed by atoms with van der Waals surface area (Å²) in [6.07, 6.45) is 7.76. The average molecular weight is 233 g/mol. The lowest BCUT2D eigenvalue weighted by Crippen LogP contribution is -2.31. The SMILES string of the molecule is CCCCN(CCN)c1nccn2nccc12. The summed E-state index contributed by atoms with van der Waals surface area (Å²) in [6.45, 7) is 4.65. The maximum Gasteiger partial charge on any atom is 0.154 e. The number of rotatable bonds is 6. The van der Waals surface area contributed by atoms with Crippen LogP contribution in [0.5, 0.6) is 0 Å². The summed E-state index contributed by atoms with van der Waals surface area (Å²) in [5.41, 5.74) is 6.70. The topological polar surface area (TPSA) is 59.5 Å². The van der Waals surface area contributed by atoms with Crippen LogP contribution < -0.4 is 10.6 Å². The Morgan fingerprint density at radius 3 is 3.00 bits per heavy atom. The van der Waals surface area contributed by atoms with E-state index in [4.69, 9.17) is 5.73 Å². The van der Waals surface area contributed by atoms with Gasteiger partial charge in [-0.2, -0.15) is 5.10 Å². The Kier molecular flexibility index (Phi) is 3.93. The number of anilines is 1. The minimum atomic E-state index is 0.639. The Hall–Kier alpha value is -1.62. The van der Waals surface area contributed by atoms with Crippen molar-refractivity contribution in [3.8, 4) is 0 Å². The summed E-state index contributed by atoms with van der Waals surface area (Å²) < 4.78 is 1.85. The molecule has 0 fully saturated rings. The maximum atomic E-state index is 5.67. The Morgan fingerprint density at radius 2 is 2.24 bits per heavy atom. The molecular weight excluding hydrogens is 214 g/mol. The molecule has 2 heterocycles. The Bertz CT molecular complexity index is 465. The first-order valence-corrected chi connectivity index (χ1v) is 6.10. The third kappa shape index (κ3) is 2.55. The fourth-order valence-corrected chi connectivity index (χ4v) is 1.92. The minimum Gasteiger partial charge on any atom is -0.354 e. The second-order valence-corrected chi connectivity index (χ2v) is 4.04. The molecule has 0 saturated heterocycles. The highest BCUT2D eigenvalue weighted by atomic mass is 15.3. The van der Waals surface area contributed by atoms with Gasteiger partial charge >= 0.3 is 0 Å². The van der Waals surface area contributed by atoms with Crippen LogP contribution in [0.15, 0.2) is 24.7 Å². The lowest BCUT2D eigenvalue weighted by molar-refractivity contribution is 0.707. The van der Waals surface area contributed by atoms with Crippen LogP contribution in [0.3, 0.4) is 0 Å². The van der Waals surface area contributed by atoms with Crippen molar-refractivity contribution in [3.05, 3.63) is 24.7 Å². The van der Waals surface area contributed by atoms with Gasteiger partial charge in [-0.25, -0.2) is 9.50 Å². The average Bonchev–Trinajstić information content (AvgIpc) is 2.82. The third-order valence-corrected chi connectivity index (χ3v) is 2.78. The first kappa shape index (κ1) is 11.9. The number of fused-ring (bicyclic) bond motifs is 1. The largest absolute Gasteiger partial charge is 0.354 e. The van der Waals surface area contributed by atoms with Crippen LogP contribution >= 0.6 is 0 Å². The predicted molar refractivity (Wildman–Crippen MR) is 69.2 cm³/mol. The molecule has 2 aromatic heterocycles. The molecule has 0 unspecified atom stereocenters. The molecule has 5 heteroatoms. The quantitative estimate of drug-likeness (QED) is 0.817. The number of unbranched alkanes of at least 4 members (excludes halogenated alkanes) is 1. The van der Waals surface area contributed by atoms with Gasteiger partial charge in [0.15, 0.2) is 5.82 Å². The molecule has 17 heavy (non-hydrogen) atoms. The van der Waals surface area contributed by atoms with E-state index in [1.54, 1.807) is 12.4 Å². The number of hydrogen-bond donors (Lipinski definition) is 1. The zero-order valence-electron chi connectivity index (χ0n) is 10.2. The molecule has 0 saturated carbocycles. The molecule has 5 nitrogen and oxygen atoms in total. The Balaban J connectivity index is 2.30. The third-order valence-electron chi connectivity index (χ3n) is 2.78. The van der Waals surface area contributed by atoms with Gasteiger partial charge in [0.1, 0.15) is 5.52 Å². The lowest BCUT2D eigenvalue weighted by atomic mass is 10.3. The first-order valence-electron chi connectivity index (χ1n) is 6.10. The van der Waals surface area contributed by atoms with Crippen LogP contribution in [0.1, 0.15) is 19.8 Å². The second kappa shape index (κ2) is 5.63. The molecule has 2 rings (SSSR count). The number of aromatic nitrogens is 3. The van der Waals surface area contributed by atoms with Gasteiger partial charge in [-0.05, 0) is 12.5 Å². The van der Waals surface area contributed by atoms with E-state index >= 15 is 0 Å². The van der Waals surface area contributed by atoms with Crippen molar-refractivity contribution >= 4 is 11.3 Å². The van der Waals surface area contributed by atoms with Crippen LogP contribution in [0, 0.1) is 0 Å². The van der Waals surface area contributed by atoms with E-state index < -0.39 is 0 Å². The Morgan fingerprint density at radius 1 is 1.35 bits per heavy atom. The van der Waals surface area contributed by atoms with E-state index in [1.165, 1.54) is 6.42 Å². The number of nitrogens with two attached hydrogens (primary N) is 1. The first-order chi connectivity index (χ1) is 8.36. The van der Waals surface area contributed by atoms with Crippen LogP contribution in [0.25, 0.3) is 5.52 Å². The van der Waals surface area contributed by atoms with Crippen LogP contribution in [0.2, 0.25) is 0 Å². The zero-order valence-corrected chi connectivity index (χ0v) is 10.2. The van der Waals surface area contributed by atoms with Crippen molar-refractivity contribution < 1.29 is 0 Å². The van der Waals surface area contributed by atoms with Crippen molar-refractivity contribution in [2.24, 2.45) is 5.73 Å². The van der Waals surface area contributed by atoms with E-state index in [0.717, 1.165) is 30.8 Å². The molecule has 0 aliphatic heterocycles. The minimum absolute atomic E-state index is 0.639. The smallest absolute Gasteiger partial charge is 0.154 e. The highest BCUT2D eigenvalue weighted by Crippen LogP contribution is 2.18. The van der Waals surface area contributed by atoms with E-state index in [1.807, 2.05) is 16.8 Å². The Labute approximate surface area is 101 Å². The summed E-state index contributed by atoms with van der Waals surface area (Å²) in [7, 11) is 0. The number of nitrogens with zero attached hydrogens (tertiary/aromatic N) is 4. The standard InChI is InChI=1S/C12H19N5/c1-2-3-8-16(9-5-13)12-11-4-6-15-17(11)10-7-14-12/h4,6-7,10H,2-3,5,8-9,13H2,1H3. The highest BCUT2D eigenvalue weighted by Gasteiger charge is 2.10. The summed E-state index contributed by atoms with van der Waals surface area (Å²) in [4.78, 5) is 6.70. The van der Waals surface area contributed by atoms with Gasteiger partial charge in [0.2, 0.25) is 0 Å². The van der Waals surface area contributed by atoms with Gasteiger partial charge in [-0.3, -0.25) is 0 Å². The fourth-order valence-electron chi connectivity index (χ4n) is 1.92. The van der Waals surface area contributed by atoms with Crippen molar-refractivity contribution in [1.29, 1.82) is 0 Å². The molecule has 0 aliphatic carbocycles. The summed E-state index contributed by atoms with van der Waals surface area (Å²) in [6, 6.07) is 1.98. The van der Waals surface area contributed by atoms with E-state index in [2.05, 4.69) is 21.9 Å². The summed E-state index contributed by atoms with van der Waals surface area (Å²) in [5, 5.41) is 4.22. The highest BCUT2D eigenvalue weighted by molar-refractivity contribution is 5.68. The molecule has 0 radical (unpaired) electrons. The molecule has 0 atom stereocenters. The predicted octanol–water partition coefficient (Wildman–Crippen LogP) is 1.29. The maximum absolute atomic E-state index is 5.67. The van der Waals surface area contributed by atoms with Gasteiger partial charge in [-0.1, -0.05) is 13.3 Å². The van der Waals surface area contributed by atoms with Crippen LogP contribution in [0.4, 0.5) is 5.82 Å². The molecule has 0 spiro atoms. The van der Waals surface area contributed by atoms with Gasteiger partial charge in [0, 0.05) is 32.0 Å². The van der Waals surface area contributed by atoms with Crippen molar-refractivity contribution in [2.45, 2.75) is 19.8 Å². The van der Waals surface area contributed by atoms with E-state index in [9.17, 15) is 0 Å². The van der Waals surface area contributed by atoms with Crippen LogP contribution in [-0.4, -0.2) is 34.2 Å². The molecule has 2 N–H and O–H groups in total. The monoisotopic (exact) mass is 233 g/mol.